The molecule has 0 bridgehead atoms. The molecule has 0 amide bonds. The minimum Gasteiger partial charge on any atom is -0.367 e. The molecule has 1 aliphatic heterocycles. The van der Waals surface area contributed by atoms with Crippen molar-refractivity contribution < 1.29 is 8.42 Å². The molecule has 1 aliphatic rings. The fraction of sp³-hybridized carbons (Fsp3) is 0.364. The number of fused-ring (bicyclic) bond motifs is 1. The van der Waals surface area contributed by atoms with Gasteiger partial charge in [0.25, 0.3) is 0 Å². The van der Waals surface area contributed by atoms with Crippen LogP contribution in [0, 0.1) is 11.3 Å². The van der Waals surface area contributed by atoms with E-state index in [1.54, 1.807) is 0 Å². The standard InChI is InChI=1S/C22H26N6O3S/c23-16-17-6-8-18(9-7-17)32(30,31)24-10-1-2-11-27-12-14-28(15-13-27)20-5-3-4-19-21(20)26-22(29)25-19/h3-9,24H,1-2,10-15H2,(H2,25,26,29). The van der Waals surface area contributed by atoms with Crippen molar-refractivity contribution in [1.82, 2.24) is 19.6 Å². The summed E-state index contributed by atoms with van der Waals surface area (Å²) in [4.78, 5) is 22.1. The lowest BCUT2D eigenvalue weighted by Gasteiger charge is -2.36. The number of anilines is 1. The van der Waals surface area contributed by atoms with Crippen LogP contribution in [-0.2, 0) is 10.0 Å². The highest BCUT2D eigenvalue weighted by molar-refractivity contribution is 7.89. The Bertz CT molecular complexity index is 1270. The lowest BCUT2D eigenvalue weighted by Crippen LogP contribution is -2.46. The molecule has 0 saturated carbocycles. The highest BCUT2D eigenvalue weighted by atomic mass is 32.2. The quantitative estimate of drug-likeness (QED) is 0.444. The van der Waals surface area contributed by atoms with E-state index in [9.17, 15) is 13.2 Å². The lowest BCUT2D eigenvalue weighted by molar-refractivity contribution is 0.253. The first kappa shape index (κ1) is 22.1. The first-order valence-corrected chi connectivity index (χ1v) is 12.1. The van der Waals surface area contributed by atoms with Gasteiger partial charge in [-0.1, -0.05) is 6.07 Å². The number of nitrogens with zero attached hydrogens (tertiary/aromatic N) is 3. The Balaban J connectivity index is 1.20. The number of H-pyrrole nitrogens is 2. The van der Waals surface area contributed by atoms with Gasteiger partial charge in [0, 0.05) is 32.7 Å². The number of nitriles is 1. The maximum absolute atomic E-state index is 12.3. The largest absolute Gasteiger partial charge is 0.367 e. The van der Waals surface area contributed by atoms with Gasteiger partial charge in [-0.2, -0.15) is 5.26 Å². The zero-order chi connectivity index (χ0) is 22.6. The molecule has 1 fully saturated rings. The molecule has 168 valence electrons. The van der Waals surface area contributed by atoms with Gasteiger partial charge in [-0.25, -0.2) is 17.9 Å². The molecule has 2 heterocycles. The van der Waals surface area contributed by atoms with E-state index in [-0.39, 0.29) is 10.6 Å². The Kier molecular flexibility index (Phi) is 6.60. The van der Waals surface area contributed by atoms with Gasteiger partial charge < -0.3 is 14.9 Å². The van der Waals surface area contributed by atoms with Crippen LogP contribution in [0.15, 0.2) is 52.2 Å². The van der Waals surface area contributed by atoms with E-state index in [1.165, 1.54) is 24.3 Å². The van der Waals surface area contributed by atoms with E-state index < -0.39 is 10.0 Å². The number of hydrogen-bond donors (Lipinski definition) is 3. The Morgan fingerprint density at radius 3 is 2.47 bits per heavy atom. The molecular weight excluding hydrogens is 428 g/mol. The molecule has 2 aromatic carbocycles. The Hall–Kier alpha value is -3.13. The van der Waals surface area contributed by atoms with Gasteiger partial charge in [0.1, 0.15) is 0 Å². The van der Waals surface area contributed by atoms with Crippen LogP contribution in [-0.4, -0.2) is 62.6 Å². The van der Waals surface area contributed by atoms with Crippen molar-refractivity contribution in [1.29, 1.82) is 5.26 Å². The summed E-state index contributed by atoms with van der Waals surface area (Å²) in [5, 5.41) is 8.82. The number of para-hydroxylation sites is 1. The average Bonchev–Trinajstić information content (AvgIpc) is 3.19. The van der Waals surface area contributed by atoms with Gasteiger partial charge >= 0.3 is 5.69 Å². The number of aromatic amines is 2. The minimum absolute atomic E-state index is 0.173. The van der Waals surface area contributed by atoms with Crippen molar-refractivity contribution in [2.75, 3.05) is 44.2 Å². The van der Waals surface area contributed by atoms with Crippen LogP contribution in [0.2, 0.25) is 0 Å². The highest BCUT2D eigenvalue weighted by Gasteiger charge is 2.19. The Morgan fingerprint density at radius 1 is 1.00 bits per heavy atom. The van der Waals surface area contributed by atoms with E-state index in [0.717, 1.165) is 62.3 Å². The third kappa shape index (κ3) is 5.02. The maximum atomic E-state index is 12.3. The summed E-state index contributed by atoms with van der Waals surface area (Å²) < 4.78 is 27.3. The van der Waals surface area contributed by atoms with E-state index in [1.807, 2.05) is 24.3 Å². The minimum atomic E-state index is -3.55. The molecule has 3 aromatic rings. The molecule has 1 aromatic heterocycles. The Morgan fingerprint density at radius 2 is 1.75 bits per heavy atom. The number of benzene rings is 2. The summed E-state index contributed by atoms with van der Waals surface area (Å²) in [6, 6.07) is 13.8. The monoisotopic (exact) mass is 454 g/mol. The molecule has 9 nitrogen and oxygen atoms in total. The van der Waals surface area contributed by atoms with Gasteiger partial charge in [-0.05, 0) is 55.8 Å². The van der Waals surface area contributed by atoms with Gasteiger partial charge in [0.15, 0.2) is 0 Å². The molecule has 0 atom stereocenters. The molecule has 32 heavy (non-hydrogen) atoms. The summed E-state index contributed by atoms with van der Waals surface area (Å²) in [7, 11) is -3.55. The van der Waals surface area contributed by atoms with E-state index >= 15 is 0 Å². The SMILES string of the molecule is N#Cc1ccc(S(=O)(=O)NCCCCN2CCN(c3cccc4[nH]c(=O)[nH]c34)CC2)cc1. The number of imidazole rings is 1. The molecule has 4 rings (SSSR count). The predicted molar refractivity (Wildman–Crippen MR) is 123 cm³/mol. The highest BCUT2D eigenvalue weighted by Crippen LogP contribution is 2.24. The van der Waals surface area contributed by atoms with Crippen molar-refractivity contribution in [2.45, 2.75) is 17.7 Å². The number of nitrogens with one attached hydrogen (secondary N) is 3. The topological polar surface area (TPSA) is 125 Å². The van der Waals surface area contributed by atoms with Gasteiger partial charge in [0.05, 0.1) is 33.2 Å². The number of aromatic nitrogens is 2. The summed E-state index contributed by atoms with van der Waals surface area (Å²) in [6.07, 6.45) is 1.65. The molecule has 0 spiro atoms. The first-order chi connectivity index (χ1) is 15.5. The van der Waals surface area contributed by atoms with Crippen LogP contribution in [0.3, 0.4) is 0 Å². The average molecular weight is 455 g/mol. The van der Waals surface area contributed by atoms with Gasteiger partial charge in [0.2, 0.25) is 10.0 Å². The van der Waals surface area contributed by atoms with Crippen LogP contribution in [0.5, 0.6) is 0 Å². The van der Waals surface area contributed by atoms with Crippen LogP contribution in [0.1, 0.15) is 18.4 Å². The second-order valence-corrected chi connectivity index (χ2v) is 9.62. The molecule has 1 saturated heterocycles. The fourth-order valence-corrected chi connectivity index (χ4v) is 5.05. The van der Waals surface area contributed by atoms with Crippen molar-refractivity contribution in [3.63, 3.8) is 0 Å². The Labute approximate surface area is 186 Å². The first-order valence-electron chi connectivity index (χ1n) is 10.6. The third-order valence-electron chi connectivity index (χ3n) is 5.73. The summed E-state index contributed by atoms with van der Waals surface area (Å²) in [5.74, 6) is 0. The van der Waals surface area contributed by atoms with Crippen molar-refractivity contribution in [2.24, 2.45) is 0 Å². The van der Waals surface area contributed by atoms with Crippen molar-refractivity contribution in [3.05, 3.63) is 58.5 Å². The van der Waals surface area contributed by atoms with Crippen molar-refractivity contribution in [3.8, 4) is 6.07 Å². The van der Waals surface area contributed by atoms with Gasteiger partial charge in [-0.3, -0.25) is 4.90 Å². The second-order valence-electron chi connectivity index (χ2n) is 7.85. The van der Waals surface area contributed by atoms with Gasteiger partial charge in [-0.15, -0.1) is 0 Å². The lowest BCUT2D eigenvalue weighted by atomic mass is 10.2. The van der Waals surface area contributed by atoms with Crippen molar-refractivity contribution >= 4 is 26.7 Å². The molecule has 0 unspecified atom stereocenters. The molecule has 10 heteroatoms. The predicted octanol–water partition coefficient (Wildman–Crippen LogP) is 1.61. The van der Waals surface area contributed by atoms with Crippen LogP contribution < -0.4 is 15.3 Å². The number of sulfonamides is 1. The summed E-state index contributed by atoms with van der Waals surface area (Å²) in [5.41, 5.74) is 2.94. The third-order valence-corrected chi connectivity index (χ3v) is 7.21. The molecule has 3 N–H and O–H groups in total. The second kappa shape index (κ2) is 9.56. The molecule has 0 radical (unpaired) electrons. The molecular formula is C22H26N6O3S. The normalized spacial score (nSPS) is 15.2. The molecule has 0 aliphatic carbocycles. The van der Waals surface area contributed by atoms with E-state index in [2.05, 4.69) is 24.5 Å². The number of unbranched alkanes of at least 4 members (excludes halogenated alkanes) is 1. The fourth-order valence-electron chi connectivity index (χ4n) is 3.98. The van der Waals surface area contributed by atoms with Crippen LogP contribution >= 0.6 is 0 Å². The number of rotatable bonds is 8. The summed E-state index contributed by atoms with van der Waals surface area (Å²) >= 11 is 0. The smallest absolute Gasteiger partial charge is 0.323 e. The zero-order valence-corrected chi connectivity index (χ0v) is 18.5. The number of hydrogen-bond acceptors (Lipinski definition) is 6. The summed E-state index contributed by atoms with van der Waals surface area (Å²) in [6.45, 7) is 4.88. The van der Waals surface area contributed by atoms with E-state index in [0.29, 0.717) is 12.1 Å². The van der Waals surface area contributed by atoms with Crippen LogP contribution in [0.25, 0.3) is 11.0 Å². The van der Waals surface area contributed by atoms with Crippen LogP contribution in [0.4, 0.5) is 5.69 Å². The number of piperazine rings is 1. The van der Waals surface area contributed by atoms with E-state index in [4.69, 9.17) is 5.26 Å². The maximum Gasteiger partial charge on any atom is 0.323 e. The zero-order valence-electron chi connectivity index (χ0n) is 17.7.